The molecule has 0 spiro atoms. The number of anilines is 1. The highest BCUT2D eigenvalue weighted by atomic mass is 19.1. The van der Waals surface area contributed by atoms with Crippen molar-refractivity contribution in [3.8, 4) is 5.75 Å². The molecular formula is C22H31FN2O3. The summed E-state index contributed by atoms with van der Waals surface area (Å²) in [5.41, 5.74) is 0.560. The van der Waals surface area contributed by atoms with Crippen LogP contribution < -0.4 is 9.64 Å². The van der Waals surface area contributed by atoms with Crippen LogP contribution in [0.3, 0.4) is 0 Å². The zero-order valence-electron chi connectivity index (χ0n) is 16.9. The lowest BCUT2D eigenvalue weighted by atomic mass is 9.88. The molecule has 0 aliphatic carbocycles. The first kappa shape index (κ1) is 19.6. The lowest BCUT2D eigenvalue weighted by Crippen LogP contribution is -2.48. The van der Waals surface area contributed by atoms with Crippen molar-refractivity contribution in [2.45, 2.75) is 51.1 Å². The van der Waals surface area contributed by atoms with Gasteiger partial charge in [0, 0.05) is 45.0 Å². The summed E-state index contributed by atoms with van der Waals surface area (Å²) >= 11 is 0. The lowest BCUT2D eigenvalue weighted by molar-refractivity contribution is -0.121. The molecule has 3 aliphatic rings. The van der Waals surface area contributed by atoms with E-state index in [9.17, 15) is 9.18 Å². The van der Waals surface area contributed by atoms with E-state index in [-0.39, 0.29) is 18.3 Å². The highest BCUT2D eigenvalue weighted by Crippen LogP contribution is 2.40. The van der Waals surface area contributed by atoms with E-state index >= 15 is 0 Å². The summed E-state index contributed by atoms with van der Waals surface area (Å²) in [6.07, 6.45) is 6.25. The molecule has 1 aromatic carbocycles. The quantitative estimate of drug-likeness (QED) is 0.715. The Bertz CT molecular complexity index is 699. The number of benzene rings is 1. The number of amides is 1. The molecular weight excluding hydrogens is 359 g/mol. The van der Waals surface area contributed by atoms with Gasteiger partial charge in [0.1, 0.15) is 11.6 Å². The van der Waals surface area contributed by atoms with Crippen molar-refractivity contribution in [2.75, 3.05) is 38.3 Å². The lowest BCUT2D eigenvalue weighted by Gasteiger charge is -2.41. The topological polar surface area (TPSA) is 42.0 Å². The Labute approximate surface area is 166 Å². The fraction of sp³-hybridized carbons (Fsp3) is 0.682. The SMILES string of the molecule is COCCC1CC2CCC(C1)N2CC(C)CN1C(=O)COc2ccc(F)cc21. The van der Waals surface area contributed by atoms with Crippen molar-refractivity contribution in [2.24, 2.45) is 11.8 Å². The van der Waals surface area contributed by atoms with Crippen LogP contribution in [0.2, 0.25) is 0 Å². The van der Waals surface area contributed by atoms with Crippen LogP contribution in [0, 0.1) is 17.7 Å². The van der Waals surface area contributed by atoms with Gasteiger partial charge in [0.15, 0.2) is 6.61 Å². The largest absolute Gasteiger partial charge is 0.482 e. The number of fused-ring (bicyclic) bond motifs is 3. The number of hydrogen-bond acceptors (Lipinski definition) is 4. The molecule has 1 amide bonds. The molecule has 0 radical (unpaired) electrons. The first-order valence-electron chi connectivity index (χ1n) is 10.5. The minimum Gasteiger partial charge on any atom is -0.482 e. The fourth-order valence-corrected chi connectivity index (χ4v) is 5.31. The third kappa shape index (κ3) is 4.03. The number of carbonyl (C=O) groups excluding carboxylic acids is 1. The van der Waals surface area contributed by atoms with Gasteiger partial charge in [-0.1, -0.05) is 6.92 Å². The van der Waals surface area contributed by atoms with E-state index in [1.54, 1.807) is 18.1 Å². The summed E-state index contributed by atoms with van der Waals surface area (Å²) in [4.78, 5) is 16.8. The summed E-state index contributed by atoms with van der Waals surface area (Å²) in [5.74, 6) is 1.25. The average molecular weight is 390 g/mol. The van der Waals surface area contributed by atoms with Crippen molar-refractivity contribution < 1.29 is 18.7 Å². The number of ether oxygens (including phenoxy) is 2. The van der Waals surface area contributed by atoms with Crippen LogP contribution in [0.5, 0.6) is 5.75 Å². The minimum absolute atomic E-state index is 0.0293. The van der Waals surface area contributed by atoms with Crippen molar-refractivity contribution in [1.29, 1.82) is 0 Å². The Balaban J connectivity index is 1.38. The van der Waals surface area contributed by atoms with Crippen LogP contribution in [0.4, 0.5) is 10.1 Å². The average Bonchev–Trinajstić information content (AvgIpc) is 2.90. The summed E-state index contributed by atoms with van der Waals surface area (Å²) in [7, 11) is 1.78. The second-order valence-electron chi connectivity index (χ2n) is 8.71. The Hall–Kier alpha value is -1.66. The fourth-order valence-electron chi connectivity index (χ4n) is 5.31. The first-order valence-corrected chi connectivity index (χ1v) is 10.5. The van der Waals surface area contributed by atoms with Gasteiger partial charge in [-0.3, -0.25) is 9.69 Å². The molecule has 0 N–H and O–H groups in total. The second-order valence-corrected chi connectivity index (χ2v) is 8.71. The Morgan fingerprint density at radius 2 is 2.00 bits per heavy atom. The maximum atomic E-state index is 13.7. The maximum absolute atomic E-state index is 13.7. The molecule has 2 fully saturated rings. The molecule has 4 rings (SSSR count). The highest BCUT2D eigenvalue weighted by molar-refractivity contribution is 5.97. The monoisotopic (exact) mass is 390 g/mol. The van der Waals surface area contributed by atoms with Crippen molar-refractivity contribution in [3.05, 3.63) is 24.0 Å². The molecule has 3 aliphatic heterocycles. The van der Waals surface area contributed by atoms with Crippen LogP contribution in [-0.4, -0.2) is 56.3 Å². The molecule has 3 unspecified atom stereocenters. The van der Waals surface area contributed by atoms with Gasteiger partial charge < -0.3 is 14.4 Å². The highest BCUT2D eigenvalue weighted by Gasteiger charge is 2.41. The summed E-state index contributed by atoms with van der Waals surface area (Å²) in [6, 6.07) is 5.72. The van der Waals surface area contributed by atoms with E-state index < -0.39 is 0 Å². The molecule has 6 heteroatoms. The van der Waals surface area contributed by atoms with Crippen LogP contribution in [0.15, 0.2) is 18.2 Å². The Morgan fingerprint density at radius 1 is 1.25 bits per heavy atom. The molecule has 3 heterocycles. The summed E-state index contributed by atoms with van der Waals surface area (Å²) in [6.45, 7) is 4.67. The van der Waals surface area contributed by atoms with Gasteiger partial charge in [-0.15, -0.1) is 0 Å². The summed E-state index contributed by atoms with van der Waals surface area (Å²) in [5, 5.41) is 0. The van der Waals surface area contributed by atoms with Gasteiger partial charge in [-0.05, 0) is 56.1 Å². The van der Waals surface area contributed by atoms with E-state index in [0.29, 0.717) is 36.0 Å². The van der Waals surface area contributed by atoms with Gasteiger partial charge >= 0.3 is 0 Å². The van der Waals surface area contributed by atoms with Crippen molar-refractivity contribution in [3.63, 3.8) is 0 Å². The molecule has 2 bridgehead atoms. The van der Waals surface area contributed by atoms with E-state index in [4.69, 9.17) is 9.47 Å². The Kier molecular flexibility index (Phi) is 5.88. The molecule has 154 valence electrons. The molecule has 3 atom stereocenters. The number of nitrogens with zero attached hydrogens (tertiary/aromatic N) is 2. The minimum atomic E-state index is -0.342. The number of carbonyl (C=O) groups is 1. The first-order chi connectivity index (χ1) is 13.5. The number of hydrogen-bond donors (Lipinski definition) is 0. The van der Waals surface area contributed by atoms with E-state index in [0.717, 1.165) is 25.5 Å². The molecule has 0 saturated carbocycles. The number of halogens is 1. The van der Waals surface area contributed by atoms with E-state index in [2.05, 4.69) is 11.8 Å². The molecule has 5 nitrogen and oxygen atoms in total. The predicted molar refractivity (Wildman–Crippen MR) is 106 cm³/mol. The van der Waals surface area contributed by atoms with Crippen LogP contribution in [-0.2, 0) is 9.53 Å². The molecule has 0 aromatic heterocycles. The van der Waals surface area contributed by atoms with Crippen LogP contribution >= 0.6 is 0 Å². The van der Waals surface area contributed by atoms with Gasteiger partial charge in [-0.2, -0.15) is 0 Å². The zero-order valence-corrected chi connectivity index (χ0v) is 16.9. The zero-order chi connectivity index (χ0) is 19.7. The number of rotatable bonds is 7. The molecule has 1 aromatic rings. The van der Waals surface area contributed by atoms with Gasteiger partial charge in [0.05, 0.1) is 5.69 Å². The van der Waals surface area contributed by atoms with Crippen LogP contribution in [0.1, 0.15) is 39.0 Å². The van der Waals surface area contributed by atoms with Gasteiger partial charge in [0.2, 0.25) is 0 Å². The maximum Gasteiger partial charge on any atom is 0.265 e. The molecule has 28 heavy (non-hydrogen) atoms. The third-order valence-corrected chi connectivity index (χ3v) is 6.59. The standard InChI is InChI=1S/C22H31FN2O3/c1-15(12-24-18-4-5-19(24)10-16(9-18)7-8-27-2)13-25-20-11-17(23)3-6-21(20)28-14-22(25)26/h3,6,11,15-16,18-19H,4-5,7-10,12-14H2,1-2H3. The normalized spacial score (nSPS) is 28.2. The van der Waals surface area contributed by atoms with Crippen molar-refractivity contribution >= 4 is 11.6 Å². The third-order valence-electron chi connectivity index (χ3n) is 6.59. The second kappa shape index (κ2) is 8.37. The number of methoxy groups -OCH3 is 1. The van der Waals surface area contributed by atoms with Crippen molar-refractivity contribution in [1.82, 2.24) is 4.90 Å². The summed E-state index contributed by atoms with van der Waals surface area (Å²) < 4.78 is 24.5. The van der Waals surface area contributed by atoms with E-state index in [1.807, 2.05) is 0 Å². The number of piperidine rings is 1. The molecule has 2 saturated heterocycles. The predicted octanol–water partition coefficient (Wildman–Crippen LogP) is 3.47. The van der Waals surface area contributed by atoms with E-state index in [1.165, 1.54) is 37.8 Å². The Morgan fingerprint density at radius 3 is 2.71 bits per heavy atom. The van der Waals surface area contributed by atoms with Gasteiger partial charge in [-0.25, -0.2) is 4.39 Å². The van der Waals surface area contributed by atoms with Gasteiger partial charge in [0.25, 0.3) is 5.91 Å². The smallest absolute Gasteiger partial charge is 0.265 e. The van der Waals surface area contributed by atoms with Crippen LogP contribution in [0.25, 0.3) is 0 Å².